The number of nitrogens with one attached hydrogen (secondary N) is 2. The van der Waals surface area contributed by atoms with Gasteiger partial charge in [0.1, 0.15) is 5.69 Å². The number of nitrogens with zero attached hydrogens (tertiary/aromatic N) is 1. The Kier molecular flexibility index (Phi) is 5.57. The summed E-state index contributed by atoms with van der Waals surface area (Å²) in [7, 11) is 1.63. The van der Waals surface area contributed by atoms with Gasteiger partial charge in [0.05, 0.1) is 5.02 Å². The average molecular weight is 302 g/mol. The number of halogens is 1. The molecule has 8 heteroatoms. The van der Waals surface area contributed by atoms with Crippen LogP contribution < -0.4 is 10.6 Å². The highest BCUT2D eigenvalue weighted by Crippen LogP contribution is 2.14. The molecule has 0 radical (unpaired) electrons. The molecule has 1 aromatic rings. The van der Waals surface area contributed by atoms with Crippen molar-refractivity contribution >= 4 is 29.5 Å². The third-order valence-corrected chi connectivity index (χ3v) is 2.61. The molecule has 2 N–H and O–H groups in total. The van der Waals surface area contributed by atoms with E-state index in [0.717, 1.165) is 0 Å². The molecule has 0 fully saturated rings. The molecular weight excluding hydrogens is 286 g/mol. The lowest BCUT2D eigenvalue weighted by Gasteiger charge is -2.13. The Balaban J connectivity index is 2.59. The van der Waals surface area contributed by atoms with E-state index in [-0.39, 0.29) is 5.69 Å². The van der Waals surface area contributed by atoms with E-state index < -0.39 is 24.0 Å². The van der Waals surface area contributed by atoms with Crippen LogP contribution in [0.4, 0.5) is 4.79 Å². The minimum absolute atomic E-state index is 0.215. The molecule has 0 aliphatic heterocycles. The van der Waals surface area contributed by atoms with Crippen molar-refractivity contribution in [3.8, 4) is 0 Å². The fourth-order valence-electron chi connectivity index (χ4n) is 1.42. The van der Waals surface area contributed by atoms with Crippen LogP contribution in [0.15, 0.2) is 12.3 Å². The van der Waals surface area contributed by atoms with Crippen LogP contribution in [0.25, 0.3) is 0 Å². The molecule has 0 spiro atoms. The van der Waals surface area contributed by atoms with E-state index in [9.17, 15) is 14.4 Å². The number of carbonyl (C=O) groups excluding carboxylic acids is 3. The molecule has 0 saturated carbocycles. The van der Waals surface area contributed by atoms with Gasteiger partial charge in [-0.1, -0.05) is 11.6 Å². The predicted molar refractivity (Wildman–Crippen MR) is 72.5 cm³/mol. The highest BCUT2D eigenvalue weighted by atomic mass is 35.5. The average Bonchev–Trinajstić information content (AvgIpc) is 2.68. The Morgan fingerprint density at radius 1 is 1.45 bits per heavy atom. The van der Waals surface area contributed by atoms with Gasteiger partial charge in [-0.2, -0.15) is 0 Å². The molecule has 0 aliphatic carbocycles. The first kappa shape index (κ1) is 16.0. The van der Waals surface area contributed by atoms with Crippen LogP contribution in [-0.4, -0.2) is 35.1 Å². The molecule has 1 rings (SSSR count). The first-order valence-electron chi connectivity index (χ1n) is 5.96. The summed E-state index contributed by atoms with van der Waals surface area (Å²) in [5.74, 6) is -1.40. The lowest BCUT2D eigenvalue weighted by molar-refractivity contribution is -0.127. The second-order valence-electron chi connectivity index (χ2n) is 4.05. The molecule has 20 heavy (non-hydrogen) atoms. The molecule has 0 saturated heterocycles. The molecule has 0 unspecified atom stereocenters. The number of aryl methyl sites for hydroxylation is 1. The molecule has 1 atom stereocenters. The summed E-state index contributed by atoms with van der Waals surface area (Å²) >= 11 is 5.75. The zero-order valence-electron chi connectivity index (χ0n) is 11.4. The van der Waals surface area contributed by atoms with Crippen LogP contribution in [0.1, 0.15) is 24.3 Å². The van der Waals surface area contributed by atoms with Gasteiger partial charge in [-0.15, -0.1) is 0 Å². The van der Waals surface area contributed by atoms with Crippen molar-refractivity contribution in [2.75, 3.05) is 6.54 Å². The lowest BCUT2D eigenvalue weighted by Crippen LogP contribution is -2.44. The van der Waals surface area contributed by atoms with Crippen LogP contribution in [0, 0.1) is 0 Å². The summed E-state index contributed by atoms with van der Waals surface area (Å²) in [5.41, 5.74) is 0.215. The van der Waals surface area contributed by atoms with Gasteiger partial charge in [0.2, 0.25) is 0 Å². The summed E-state index contributed by atoms with van der Waals surface area (Å²) in [6, 6.07) is 0.792. The molecule has 1 heterocycles. The minimum Gasteiger partial charge on any atom is -0.448 e. The summed E-state index contributed by atoms with van der Waals surface area (Å²) < 4.78 is 6.45. The maximum atomic E-state index is 11.8. The van der Waals surface area contributed by atoms with E-state index in [1.165, 1.54) is 23.8 Å². The fraction of sp³-hybridized carbons (Fsp3) is 0.417. The van der Waals surface area contributed by atoms with Crippen molar-refractivity contribution in [1.29, 1.82) is 0 Å². The third-order valence-electron chi connectivity index (χ3n) is 2.41. The number of hydrogen-bond donors (Lipinski definition) is 2. The van der Waals surface area contributed by atoms with Gasteiger partial charge < -0.3 is 14.6 Å². The number of ether oxygens (including phenoxy) is 1. The summed E-state index contributed by atoms with van der Waals surface area (Å²) in [4.78, 5) is 34.6. The maximum Gasteiger partial charge on any atom is 0.355 e. The third kappa shape index (κ3) is 4.27. The molecule has 0 aromatic carbocycles. The van der Waals surface area contributed by atoms with Gasteiger partial charge in [0.25, 0.3) is 5.91 Å². The van der Waals surface area contributed by atoms with E-state index >= 15 is 0 Å². The van der Waals surface area contributed by atoms with E-state index in [1.807, 2.05) is 0 Å². The number of imide groups is 1. The first-order chi connectivity index (χ1) is 9.35. The number of urea groups is 1. The van der Waals surface area contributed by atoms with Gasteiger partial charge >= 0.3 is 12.0 Å². The number of rotatable bonds is 4. The highest BCUT2D eigenvalue weighted by molar-refractivity contribution is 6.31. The molecule has 3 amide bonds. The monoisotopic (exact) mass is 301 g/mol. The quantitative estimate of drug-likeness (QED) is 0.814. The standard InChI is InChI=1S/C12H16ClN3O4/c1-4-14-12(19)15-10(17)7(2)20-11(18)9-5-8(13)6-16(9)3/h5-7H,4H2,1-3H3,(H2,14,15,17,19)/t7-/m0/s1. The SMILES string of the molecule is CCNC(=O)NC(=O)[C@H](C)OC(=O)c1cc(Cl)cn1C. The Labute approximate surface area is 121 Å². The molecule has 1 aromatic heterocycles. The summed E-state index contributed by atoms with van der Waals surface area (Å²) in [6.07, 6.45) is 0.441. The molecule has 0 aliphatic rings. The van der Waals surface area contributed by atoms with E-state index in [2.05, 4.69) is 10.6 Å². The lowest BCUT2D eigenvalue weighted by atomic mass is 10.3. The van der Waals surface area contributed by atoms with Crippen molar-refractivity contribution in [1.82, 2.24) is 15.2 Å². The summed E-state index contributed by atoms with van der Waals surface area (Å²) in [6.45, 7) is 3.47. The van der Waals surface area contributed by atoms with Gasteiger partial charge in [-0.25, -0.2) is 9.59 Å². The highest BCUT2D eigenvalue weighted by Gasteiger charge is 2.22. The maximum absolute atomic E-state index is 11.8. The Hall–Kier alpha value is -2.02. The van der Waals surface area contributed by atoms with Crippen molar-refractivity contribution in [2.24, 2.45) is 7.05 Å². The Morgan fingerprint density at radius 3 is 2.60 bits per heavy atom. The van der Waals surface area contributed by atoms with Crippen LogP contribution in [0.5, 0.6) is 0 Å². The largest absolute Gasteiger partial charge is 0.448 e. The molecular formula is C12H16ClN3O4. The van der Waals surface area contributed by atoms with Crippen molar-refractivity contribution < 1.29 is 19.1 Å². The topological polar surface area (TPSA) is 89.4 Å². The van der Waals surface area contributed by atoms with Gasteiger partial charge in [-0.3, -0.25) is 10.1 Å². The van der Waals surface area contributed by atoms with E-state index in [4.69, 9.17) is 16.3 Å². The second-order valence-corrected chi connectivity index (χ2v) is 4.49. The second kappa shape index (κ2) is 6.95. The smallest absolute Gasteiger partial charge is 0.355 e. The van der Waals surface area contributed by atoms with Crippen molar-refractivity contribution in [3.63, 3.8) is 0 Å². The first-order valence-corrected chi connectivity index (χ1v) is 6.34. The van der Waals surface area contributed by atoms with E-state index in [1.54, 1.807) is 14.0 Å². The van der Waals surface area contributed by atoms with Gasteiger partial charge in [0.15, 0.2) is 6.10 Å². The molecule has 7 nitrogen and oxygen atoms in total. The number of amides is 3. The summed E-state index contributed by atoms with van der Waals surface area (Å²) in [5, 5.41) is 4.84. The van der Waals surface area contributed by atoms with Crippen LogP contribution in [-0.2, 0) is 16.6 Å². The number of esters is 1. The van der Waals surface area contributed by atoms with E-state index in [0.29, 0.717) is 11.6 Å². The molecule has 110 valence electrons. The Bertz CT molecular complexity index is 527. The normalized spacial score (nSPS) is 11.6. The zero-order chi connectivity index (χ0) is 15.3. The zero-order valence-corrected chi connectivity index (χ0v) is 12.2. The molecule has 0 bridgehead atoms. The number of carbonyl (C=O) groups is 3. The van der Waals surface area contributed by atoms with Gasteiger partial charge in [-0.05, 0) is 19.9 Å². The Morgan fingerprint density at radius 2 is 2.10 bits per heavy atom. The van der Waals surface area contributed by atoms with Crippen LogP contribution in [0.3, 0.4) is 0 Å². The van der Waals surface area contributed by atoms with Crippen LogP contribution in [0.2, 0.25) is 5.02 Å². The number of aromatic nitrogens is 1. The minimum atomic E-state index is -1.10. The van der Waals surface area contributed by atoms with Crippen LogP contribution >= 0.6 is 11.6 Å². The van der Waals surface area contributed by atoms with Crippen molar-refractivity contribution in [2.45, 2.75) is 20.0 Å². The predicted octanol–water partition coefficient (Wildman–Crippen LogP) is 1.07. The fourth-order valence-corrected chi connectivity index (χ4v) is 1.67. The van der Waals surface area contributed by atoms with Gasteiger partial charge in [0, 0.05) is 19.8 Å². The van der Waals surface area contributed by atoms with Crippen molar-refractivity contribution in [3.05, 3.63) is 23.0 Å². The number of hydrogen-bond acceptors (Lipinski definition) is 4.